The molecule has 1 unspecified atom stereocenters. The summed E-state index contributed by atoms with van der Waals surface area (Å²) in [6, 6.07) is 9.23. The topological polar surface area (TPSA) is 132 Å². The van der Waals surface area contributed by atoms with E-state index in [4.69, 9.17) is 9.15 Å². The van der Waals surface area contributed by atoms with Crippen molar-refractivity contribution in [1.29, 1.82) is 0 Å². The van der Waals surface area contributed by atoms with Gasteiger partial charge in [-0.15, -0.1) is 10.2 Å². The number of halogens is 1. The van der Waals surface area contributed by atoms with Crippen LogP contribution in [0.4, 0.5) is 10.2 Å². The molecule has 4 aromatic rings. The fraction of sp³-hybridized carbons (Fsp3) is 0.280. The number of fused-ring (bicyclic) bond motifs is 1. The molecule has 0 radical (unpaired) electrons. The van der Waals surface area contributed by atoms with E-state index in [0.29, 0.717) is 24.8 Å². The zero-order chi connectivity index (χ0) is 25.2. The SMILES string of the molecule is CCOC(=O)C1CCCN(c2nc(-c3nnc(Cc4ccc(F)cc4)o3)c(O)c3ncccc23)C1=O. The standard InChI is InChI=1S/C25H22FN5O5/c1-2-35-25(34)17-6-4-12-31(24(17)33)22-16-5-3-11-27-19(16)21(32)20(28-22)23-30-29-18(36-23)13-14-7-9-15(26)10-8-14/h3,5,7-11,17,32H,2,4,6,12-13H2,1H3. The van der Waals surface area contributed by atoms with E-state index in [0.717, 1.165) is 5.56 Å². The number of piperidine rings is 1. The van der Waals surface area contributed by atoms with Crippen LogP contribution < -0.4 is 4.90 Å². The maximum absolute atomic E-state index is 13.3. The van der Waals surface area contributed by atoms with Crippen LogP contribution in [0, 0.1) is 11.7 Å². The van der Waals surface area contributed by atoms with E-state index in [1.807, 2.05) is 0 Å². The number of hydrogen-bond acceptors (Lipinski definition) is 9. The summed E-state index contributed by atoms with van der Waals surface area (Å²) < 4.78 is 24.0. The first kappa shape index (κ1) is 23.3. The molecule has 1 aliphatic heterocycles. The number of aromatic nitrogens is 4. The van der Waals surface area contributed by atoms with Crippen molar-refractivity contribution in [2.75, 3.05) is 18.1 Å². The molecule has 1 aromatic carbocycles. The highest BCUT2D eigenvalue weighted by molar-refractivity contribution is 6.10. The van der Waals surface area contributed by atoms with Crippen molar-refractivity contribution < 1.29 is 28.2 Å². The maximum Gasteiger partial charge on any atom is 0.318 e. The number of esters is 1. The van der Waals surface area contributed by atoms with Gasteiger partial charge in [0.2, 0.25) is 11.8 Å². The number of amides is 1. The molecule has 4 heterocycles. The quantitative estimate of drug-likeness (QED) is 0.318. The minimum atomic E-state index is -0.935. The molecule has 1 atom stereocenters. The zero-order valence-electron chi connectivity index (χ0n) is 19.3. The molecule has 36 heavy (non-hydrogen) atoms. The molecular formula is C25H22FN5O5. The van der Waals surface area contributed by atoms with Crippen LogP contribution in [-0.4, -0.2) is 50.3 Å². The van der Waals surface area contributed by atoms with Gasteiger partial charge in [0, 0.05) is 18.1 Å². The first-order valence-electron chi connectivity index (χ1n) is 11.5. The molecule has 0 saturated carbocycles. The van der Waals surface area contributed by atoms with Gasteiger partial charge in [-0.3, -0.25) is 19.5 Å². The van der Waals surface area contributed by atoms with Crippen LogP contribution in [0.15, 0.2) is 47.0 Å². The second kappa shape index (κ2) is 9.68. The summed E-state index contributed by atoms with van der Waals surface area (Å²) in [6.07, 6.45) is 2.70. The molecule has 1 saturated heterocycles. The number of carbonyl (C=O) groups is 2. The molecule has 3 aromatic heterocycles. The number of rotatable bonds is 6. The van der Waals surface area contributed by atoms with Gasteiger partial charge in [-0.1, -0.05) is 12.1 Å². The Morgan fingerprint density at radius 1 is 1.25 bits per heavy atom. The van der Waals surface area contributed by atoms with E-state index < -0.39 is 17.8 Å². The van der Waals surface area contributed by atoms with E-state index in [2.05, 4.69) is 20.2 Å². The van der Waals surface area contributed by atoms with Gasteiger partial charge in [-0.2, -0.15) is 0 Å². The number of carbonyl (C=O) groups excluding carboxylic acids is 2. The molecular weight excluding hydrogens is 469 g/mol. The maximum atomic E-state index is 13.3. The second-order valence-corrected chi connectivity index (χ2v) is 8.27. The molecule has 5 rings (SSSR count). The van der Waals surface area contributed by atoms with Crippen LogP contribution in [0.5, 0.6) is 5.75 Å². The highest BCUT2D eigenvalue weighted by atomic mass is 19.1. The predicted octanol–water partition coefficient (Wildman–Crippen LogP) is 3.42. The van der Waals surface area contributed by atoms with Gasteiger partial charge in [0.25, 0.3) is 5.89 Å². The first-order chi connectivity index (χ1) is 17.5. The van der Waals surface area contributed by atoms with Crippen molar-refractivity contribution in [2.45, 2.75) is 26.2 Å². The van der Waals surface area contributed by atoms with E-state index in [9.17, 15) is 19.1 Å². The minimum absolute atomic E-state index is 0.0416. The van der Waals surface area contributed by atoms with E-state index in [1.54, 1.807) is 31.2 Å². The average Bonchev–Trinajstić information content (AvgIpc) is 3.34. The lowest BCUT2D eigenvalue weighted by molar-refractivity contribution is -0.152. The van der Waals surface area contributed by atoms with E-state index >= 15 is 0 Å². The van der Waals surface area contributed by atoms with E-state index in [-0.39, 0.29) is 53.4 Å². The fourth-order valence-electron chi connectivity index (χ4n) is 4.21. The smallest absolute Gasteiger partial charge is 0.318 e. The number of anilines is 1. The Morgan fingerprint density at radius 2 is 2.06 bits per heavy atom. The third-order valence-electron chi connectivity index (χ3n) is 5.92. The van der Waals surface area contributed by atoms with Crippen LogP contribution in [0.3, 0.4) is 0 Å². The summed E-state index contributed by atoms with van der Waals surface area (Å²) >= 11 is 0. The van der Waals surface area contributed by atoms with Crippen LogP contribution in [0.1, 0.15) is 31.2 Å². The largest absolute Gasteiger partial charge is 0.504 e. The van der Waals surface area contributed by atoms with Crippen LogP contribution in [-0.2, 0) is 20.7 Å². The van der Waals surface area contributed by atoms with Gasteiger partial charge in [-0.05, 0) is 49.6 Å². The zero-order valence-corrected chi connectivity index (χ0v) is 19.3. The van der Waals surface area contributed by atoms with Crippen LogP contribution >= 0.6 is 0 Å². The number of hydrogen-bond donors (Lipinski definition) is 1. The van der Waals surface area contributed by atoms with Crippen molar-refractivity contribution in [2.24, 2.45) is 5.92 Å². The highest BCUT2D eigenvalue weighted by Gasteiger charge is 2.37. The number of benzene rings is 1. The molecule has 11 heteroatoms. The van der Waals surface area contributed by atoms with Crippen molar-refractivity contribution in [1.82, 2.24) is 20.2 Å². The summed E-state index contributed by atoms with van der Waals surface area (Å²) in [4.78, 5) is 35.9. The lowest BCUT2D eigenvalue weighted by Gasteiger charge is -2.31. The third kappa shape index (κ3) is 4.35. The molecule has 10 nitrogen and oxygen atoms in total. The molecule has 0 spiro atoms. The van der Waals surface area contributed by atoms with E-state index in [1.165, 1.54) is 23.2 Å². The Kier molecular flexibility index (Phi) is 6.28. The molecule has 1 aliphatic rings. The summed E-state index contributed by atoms with van der Waals surface area (Å²) in [5.74, 6) is -2.18. The lowest BCUT2D eigenvalue weighted by atomic mass is 9.96. The molecule has 0 bridgehead atoms. The summed E-state index contributed by atoms with van der Waals surface area (Å²) in [5, 5.41) is 19.4. The van der Waals surface area contributed by atoms with Gasteiger partial charge in [0.05, 0.1) is 13.0 Å². The molecule has 1 N–H and O–H groups in total. The second-order valence-electron chi connectivity index (χ2n) is 8.27. The minimum Gasteiger partial charge on any atom is -0.504 e. The molecule has 1 fully saturated rings. The Morgan fingerprint density at radius 3 is 2.83 bits per heavy atom. The fourth-order valence-corrected chi connectivity index (χ4v) is 4.21. The van der Waals surface area contributed by atoms with Crippen LogP contribution in [0.2, 0.25) is 0 Å². The number of nitrogens with zero attached hydrogens (tertiary/aromatic N) is 5. The van der Waals surface area contributed by atoms with Crippen LogP contribution in [0.25, 0.3) is 22.5 Å². The van der Waals surface area contributed by atoms with Gasteiger partial charge in [0.1, 0.15) is 23.1 Å². The lowest BCUT2D eigenvalue weighted by Crippen LogP contribution is -2.45. The highest BCUT2D eigenvalue weighted by Crippen LogP contribution is 2.38. The third-order valence-corrected chi connectivity index (χ3v) is 5.92. The monoisotopic (exact) mass is 491 g/mol. The molecule has 0 aliphatic carbocycles. The predicted molar refractivity (Wildman–Crippen MR) is 125 cm³/mol. The summed E-state index contributed by atoms with van der Waals surface area (Å²) in [6.45, 7) is 2.19. The van der Waals surface area contributed by atoms with Gasteiger partial charge < -0.3 is 14.3 Å². The molecule has 184 valence electrons. The summed E-state index contributed by atoms with van der Waals surface area (Å²) in [5.41, 5.74) is 0.913. The Hall–Kier alpha value is -4.41. The Labute approximate surface area is 204 Å². The normalized spacial score (nSPS) is 15.9. The van der Waals surface area contributed by atoms with Gasteiger partial charge in [0.15, 0.2) is 11.4 Å². The van der Waals surface area contributed by atoms with Crippen molar-refractivity contribution in [3.05, 3.63) is 59.9 Å². The first-order valence-corrected chi connectivity index (χ1v) is 11.5. The number of ether oxygens (including phenoxy) is 1. The molecule has 1 amide bonds. The summed E-state index contributed by atoms with van der Waals surface area (Å²) in [7, 11) is 0. The Balaban J connectivity index is 1.54. The number of pyridine rings is 2. The Bertz CT molecular complexity index is 1440. The average molecular weight is 491 g/mol. The van der Waals surface area contributed by atoms with Gasteiger partial charge >= 0.3 is 5.97 Å². The van der Waals surface area contributed by atoms with Crippen molar-refractivity contribution in [3.63, 3.8) is 0 Å². The number of aromatic hydroxyl groups is 1. The van der Waals surface area contributed by atoms with Crippen molar-refractivity contribution >= 4 is 28.6 Å². The van der Waals surface area contributed by atoms with Gasteiger partial charge in [-0.25, -0.2) is 9.37 Å². The van der Waals surface area contributed by atoms with Crippen molar-refractivity contribution in [3.8, 4) is 17.3 Å².